The monoisotopic (exact) mass is 890 g/mol. The number of nitrogens with zero attached hydrogens (tertiary/aromatic N) is 1. The van der Waals surface area contributed by atoms with E-state index >= 15 is 0 Å². The average molecular weight is 890 g/mol. The largest absolute Gasteiger partial charge is 0.756 e. The lowest BCUT2D eigenvalue weighted by Gasteiger charge is -2.28. The van der Waals surface area contributed by atoms with E-state index in [1.165, 1.54) is 51.4 Å². The molecule has 0 aliphatic rings. The molecule has 3 atom stereocenters. The van der Waals surface area contributed by atoms with E-state index < -0.39 is 38.6 Å². The molecule has 1 unspecified atom stereocenters. The first-order chi connectivity index (χ1) is 29.9. The van der Waals surface area contributed by atoms with Crippen LogP contribution in [0.3, 0.4) is 0 Å². The minimum atomic E-state index is -4.66. The zero-order valence-electron chi connectivity index (χ0n) is 39.6. The highest BCUT2D eigenvalue weighted by Gasteiger charge is 2.21. The first kappa shape index (κ1) is 59.1. The molecule has 0 aliphatic heterocycles. The Morgan fingerprint density at radius 1 is 0.597 bits per heavy atom. The Morgan fingerprint density at radius 3 is 1.73 bits per heavy atom. The van der Waals surface area contributed by atoms with E-state index in [0.29, 0.717) is 36.7 Å². The third-order valence-electron chi connectivity index (χ3n) is 9.72. The smallest absolute Gasteiger partial charge is 0.306 e. The minimum Gasteiger partial charge on any atom is -0.756 e. The number of ether oxygens (including phenoxy) is 2. The van der Waals surface area contributed by atoms with Gasteiger partial charge >= 0.3 is 11.9 Å². The molecule has 0 radical (unpaired) electrons. The van der Waals surface area contributed by atoms with Crippen LogP contribution in [-0.4, -0.2) is 81.2 Å². The van der Waals surface area contributed by atoms with Crippen molar-refractivity contribution in [3.63, 3.8) is 0 Å². The summed E-state index contributed by atoms with van der Waals surface area (Å²) in [6.45, 7) is 3.99. The third kappa shape index (κ3) is 45.2. The van der Waals surface area contributed by atoms with Gasteiger partial charge in [-0.25, -0.2) is 0 Å². The predicted molar refractivity (Wildman–Crippen MR) is 255 cm³/mol. The van der Waals surface area contributed by atoms with Crippen LogP contribution < -0.4 is 4.89 Å². The Kier molecular flexibility index (Phi) is 40.2. The molecule has 11 heteroatoms. The molecule has 0 aliphatic carbocycles. The summed E-state index contributed by atoms with van der Waals surface area (Å²) in [5, 5.41) is 10.1. The Morgan fingerprint density at radius 2 is 1.10 bits per heavy atom. The van der Waals surface area contributed by atoms with E-state index in [-0.39, 0.29) is 26.1 Å². The number of carbonyl (C=O) groups is 2. The van der Waals surface area contributed by atoms with Crippen molar-refractivity contribution in [3.8, 4) is 0 Å². The van der Waals surface area contributed by atoms with Gasteiger partial charge in [0.1, 0.15) is 19.8 Å². The van der Waals surface area contributed by atoms with E-state index in [9.17, 15) is 24.2 Å². The first-order valence-corrected chi connectivity index (χ1v) is 25.4. The summed E-state index contributed by atoms with van der Waals surface area (Å²) in [4.78, 5) is 37.6. The second kappa shape index (κ2) is 42.1. The topological polar surface area (TPSA) is 131 Å². The average Bonchev–Trinajstić information content (AvgIpc) is 3.22. The maximum Gasteiger partial charge on any atom is 0.306 e. The Balaban J connectivity index is 4.49. The van der Waals surface area contributed by atoms with Gasteiger partial charge in [-0.05, 0) is 83.5 Å². The zero-order chi connectivity index (χ0) is 45.8. The number of hydrogen-bond acceptors (Lipinski definition) is 9. The number of esters is 2. The maximum atomic E-state index is 12.7. The van der Waals surface area contributed by atoms with Crippen molar-refractivity contribution in [2.75, 3.05) is 47.5 Å². The van der Waals surface area contributed by atoms with Crippen LogP contribution in [0.4, 0.5) is 0 Å². The molecular weight excluding hydrogens is 802 g/mol. The molecule has 0 saturated heterocycles. The fourth-order valence-electron chi connectivity index (χ4n) is 5.91. The number of aliphatic hydroxyl groups excluding tert-OH is 1. The van der Waals surface area contributed by atoms with E-state index in [1.54, 1.807) is 6.08 Å². The van der Waals surface area contributed by atoms with Crippen LogP contribution >= 0.6 is 7.82 Å². The van der Waals surface area contributed by atoms with Crippen LogP contribution in [0.25, 0.3) is 0 Å². The van der Waals surface area contributed by atoms with Crippen LogP contribution in [0.1, 0.15) is 168 Å². The van der Waals surface area contributed by atoms with Gasteiger partial charge < -0.3 is 33.0 Å². The lowest BCUT2D eigenvalue weighted by Crippen LogP contribution is -2.37. The number of carbonyl (C=O) groups excluding carboxylic acids is 2. The van der Waals surface area contributed by atoms with Crippen molar-refractivity contribution in [2.24, 2.45) is 0 Å². The summed E-state index contributed by atoms with van der Waals surface area (Å²) in [6, 6.07) is 0. The van der Waals surface area contributed by atoms with Crippen molar-refractivity contribution < 1.29 is 47.2 Å². The number of unbranched alkanes of at least 4 members (excludes halogenated alkanes) is 14. The van der Waals surface area contributed by atoms with E-state index in [0.717, 1.165) is 64.2 Å². The molecule has 62 heavy (non-hydrogen) atoms. The summed E-state index contributed by atoms with van der Waals surface area (Å²) < 4.78 is 33.8. The lowest BCUT2D eigenvalue weighted by molar-refractivity contribution is -0.870. The second-order valence-corrected chi connectivity index (χ2v) is 18.4. The highest BCUT2D eigenvalue weighted by Crippen LogP contribution is 2.38. The molecule has 0 aromatic rings. The second-order valence-electron chi connectivity index (χ2n) is 17.0. The maximum absolute atomic E-state index is 12.7. The van der Waals surface area contributed by atoms with Gasteiger partial charge in [-0.15, -0.1) is 0 Å². The number of allylic oxidation sites excluding steroid dienone is 12. The normalized spacial score (nSPS) is 14.8. The molecule has 0 rings (SSSR count). The lowest BCUT2D eigenvalue weighted by atomic mass is 10.1. The summed E-state index contributed by atoms with van der Waals surface area (Å²) in [5.41, 5.74) is 0. The van der Waals surface area contributed by atoms with E-state index in [4.69, 9.17) is 18.5 Å². The van der Waals surface area contributed by atoms with Crippen molar-refractivity contribution in [3.05, 3.63) is 85.1 Å². The van der Waals surface area contributed by atoms with Gasteiger partial charge in [0.05, 0.1) is 33.9 Å². The zero-order valence-corrected chi connectivity index (χ0v) is 40.5. The molecule has 0 saturated carbocycles. The standard InChI is InChI=1S/C51H88NO9P/c1-6-8-10-12-14-15-16-17-18-19-20-21-22-23-24-25-26-30-35-39-43-51(55)61-49(47-60-62(56,57)59-45-44-52(3,4)5)46-58-50(54)42-38-34-31-27-29-33-37-41-48(53)40-36-32-28-13-11-9-7-2/h15-16,18-19,21-22,27-28,31-33,36-37,40,48-49,53H,6-14,17,20,23-26,29-30,34-35,38-39,41-47H2,1-5H3/b16-15-,19-18-,22-21-,31-27+,32-28-,37-33-,40-36-/t48-,49-/m1/s1. The molecule has 0 spiro atoms. The van der Waals surface area contributed by atoms with Crippen LogP contribution in [0.2, 0.25) is 0 Å². The number of aliphatic hydroxyl groups is 1. The van der Waals surface area contributed by atoms with Gasteiger partial charge in [0.2, 0.25) is 0 Å². The number of hydrogen-bond donors (Lipinski definition) is 1. The van der Waals surface area contributed by atoms with E-state index in [2.05, 4.69) is 56.4 Å². The number of phosphoric ester groups is 1. The fourth-order valence-corrected chi connectivity index (χ4v) is 6.64. The number of quaternary nitrogens is 1. The summed E-state index contributed by atoms with van der Waals surface area (Å²) in [6.07, 6.45) is 50.6. The highest BCUT2D eigenvalue weighted by atomic mass is 31.2. The van der Waals surface area contributed by atoms with Crippen LogP contribution in [-0.2, 0) is 32.7 Å². The molecule has 0 aromatic heterocycles. The van der Waals surface area contributed by atoms with Gasteiger partial charge in [0.25, 0.3) is 7.82 Å². The van der Waals surface area contributed by atoms with Crippen molar-refractivity contribution >= 4 is 19.8 Å². The third-order valence-corrected chi connectivity index (χ3v) is 10.7. The summed E-state index contributed by atoms with van der Waals surface area (Å²) >= 11 is 0. The molecular formula is C51H88NO9P. The SMILES string of the molecule is CCCCC/C=C\C=C/[C@@H](O)C/C=C\C/C=C/CCCC(=O)OC[C@H](COP(=O)([O-])OCC[N+](C)(C)C)OC(=O)CCCCCCCC/C=C\C/C=C\C/C=C\CCCCCC. The van der Waals surface area contributed by atoms with Gasteiger partial charge in [-0.3, -0.25) is 14.2 Å². The van der Waals surface area contributed by atoms with Crippen molar-refractivity contribution in [1.29, 1.82) is 0 Å². The van der Waals surface area contributed by atoms with Gasteiger partial charge in [0.15, 0.2) is 6.10 Å². The van der Waals surface area contributed by atoms with Crippen LogP contribution in [0, 0.1) is 0 Å². The molecule has 0 fully saturated rings. The molecule has 0 heterocycles. The molecule has 0 aromatic carbocycles. The molecule has 0 bridgehead atoms. The quantitative estimate of drug-likeness (QED) is 0.0159. The summed E-state index contributed by atoms with van der Waals surface area (Å²) in [5.74, 6) is -0.963. The minimum absolute atomic E-state index is 0.0571. The van der Waals surface area contributed by atoms with Gasteiger partial charge in [-0.2, -0.15) is 0 Å². The number of phosphoric acid groups is 1. The van der Waals surface area contributed by atoms with Crippen LogP contribution in [0.15, 0.2) is 85.1 Å². The predicted octanol–water partition coefficient (Wildman–Crippen LogP) is 12.3. The highest BCUT2D eigenvalue weighted by molar-refractivity contribution is 7.45. The number of likely N-dealkylation sites (N-methyl/N-ethyl adjacent to an activating group) is 1. The fraction of sp³-hybridized carbons (Fsp3) is 0.686. The Bertz CT molecular complexity index is 1340. The Hall–Kier alpha value is -2.85. The molecule has 10 nitrogen and oxygen atoms in total. The molecule has 1 N–H and O–H groups in total. The molecule has 0 amide bonds. The van der Waals surface area contributed by atoms with Crippen molar-refractivity contribution in [1.82, 2.24) is 0 Å². The van der Waals surface area contributed by atoms with Gasteiger partial charge in [0, 0.05) is 12.8 Å². The van der Waals surface area contributed by atoms with Crippen molar-refractivity contribution in [2.45, 2.75) is 180 Å². The van der Waals surface area contributed by atoms with Gasteiger partial charge in [-0.1, -0.05) is 157 Å². The summed E-state index contributed by atoms with van der Waals surface area (Å²) in [7, 11) is 1.08. The Labute approximate surface area is 378 Å². The van der Waals surface area contributed by atoms with E-state index in [1.807, 2.05) is 57.6 Å². The number of rotatable bonds is 42. The molecule has 356 valence electrons. The first-order valence-electron chi connectivity index (χ1n) is 23.9. The van der Waals surface area contributed by atoms with Crippen LogP contribution in [0.5, 0.6) is 0 Å².